The molecule has 0 atom stereocenters. The molecule has 4 rings (SSSR count). The third kappa shape index (κ3) is 5.99. The molecule has 2 saturated carbocycles. The van der Waals surface area contributed by atoms with Crippen molar-refractivity contribution in [1.82, 2.24) is 10.2 Å². The molecule has 2 aromatic rings. The molecule has 2 fully saturated rings. The number of benzene rings is 1. The fraction of sp³-hybridized carbons (Fsp3) is 0.500. The second kappa shape index (κ2) is 8.45. The summed E-state index contributed by atoms with van der Waals surface area (Å²) in [5.41, 5.74) is 0.608. The zero-order valence-electron chi connectivity index (χ0n) is 16.7. The molecule has 31 heavy (non-hydrogen) atoms. The van der Waals surface area contributed by atoms with Gasteiger partial charge in [0.15, 0.2) is 25.4 Å². The lowest BCUT2D eigenvalue weighted by atomic mass is 10.2. The van der Waals surface area contributed by atoms with Gasteiger partial charge in [-0.3, -0.25) is 5.10 Å². The van der Waals surface area contributed by atoms with Crippen molar-refractivity contribution in [2.24, 2.45) is 11.8 Å². The average Bonchev–Trinajstić information content (AvgIpc) is 3.60. The first-order chi connectivity index (χ1) is 14.6. The zero-order valence-corrected chi connectivity index (χ0v) is 19.1. The fourth-order valence-corrected chi connectivity index (χ4v) is 7.13. The molecule has 0 unspecified atom stereocenters. The molecular formula is C20H22ClN3O5S2. The Hall–Kier alpha value is -2.09. The molecular weight excluding hydrogens is 462 g/mol. The number of hydrogen-bond acceptors (Lipinski definition) is 7. The Kier molecular flexibility index (Phi) is 6.03. The molecule has 2 aliphatic rings. The van der Waals surface area contributed by atoms with Gasteiger partial charge in [-0.05, 0) is 49.7 Å². The summed E-state index contributed by atoms with van der Waals surface area (Å²) in [7, 11) is -6.84. The number of hydrogen-bond donors (Lipinski definition) is 1. The molecule has 1 aromatic carbocycles. The van der Waals surface area contributed by atoms with E-state index in [0.717, 1.165) is 25.7 Å². The first-order valence-electron chi connectivity index (χ1n) is 9.98. The maximum atomic E-state index is 12.6. The number of nitriles is 1. The molecule has 0 amide bonds. The maximum absolute atomic E-state index is 12.6. The Labute approximate surface area is 186 Å². The Bertz CT molecular complexity index is 1180. The minimum atomic E-state index is -3.43. The van der Waals surface area contributed by atoms with Crippen molar-refractivity contribution in [1.29, 1.82) is 5.26 Å². The van der Waals surface area contributed by atoms with Gasteiger partial charge in [0.2, 0.25) is 0 Å². The summed E-state index contributed by atoms with van der Waals surface area (Å²) in [5, 5.41) is 16.0. The molecule has 166 valence electrons. The van der Waals surface area contributed by atoms with Crippen LogP contribution in [0.4, 0.5) is 0 Å². The second-order valence-corrected chi connectivity index (χ2v) is 13.0. The lowest BCUT2D eigenvalue weighted by Gasteiger charge is -2.10. The van der Waals surface area contributed by atoms with E-state index in [1.54, 1.807) is 0 Å². The van der Waals surface area contributed by atoms with E-state index in [4.69, 9.17) is 21.6 Å². The highest BCUT2D eigenvalue weighted by Gasteiger charge is 2.32. The van der Waals surface area contributed by atoms with Gasteiger partial charge < -0.3 is 4.74 Å². The highest BCUT2D eigenvalue weighted by molar-refractivity contribution is 7.90. The SMILES string of the molecule is N#Cc1ccc(Oc2c(CS(=O)(=O)CC3CC3)n[nH]c2CS(=O)(=O)CC2CC2)cc1Cl. The Balaban J connectivity index is 1.63. The van der Waals surface area contributed by atoms with Crippen LogP contribution in [0.15, 0.2) is 18.2 Å². The minimum absolute atomic E-state index is 0.0807. The largest absolute Gasteiger partial charge is 0.453 e. The van der Waals surface area contributed by atoms with Crippen LogP contribution in [0.2, 0.25) is 5.02 Å². The molecule has 0 aliphatic heterocycles. The molecule has 1 N–H and O–H groups in total. The van der Waals surface area contributed by atoms with Gasteiger partial charge in [0.25, 0.3) is 0 Å². The number of nitrogens with one attached hydrogen (secondary N) is 1. The van der Waals surface area contributed by atoms with E-state index >= 15 is 0 Å². The van der Waals surface area contributed by atoms with Crippen molar-refractivity contribution >= 4 is 31.3 Å². The van der Waals surface area contributed by atoms with Crippen LogP contribution in [-0.4, -0.2) is 38.5 Å². The van der Waals surface area contributed by atoms with Crippen LogP contribution < -0.4 is 4.74 Å². The number of rotatable bonds is 10. The molecule has 0 spiro atoms. The molecule has 0 saturated heterocycles. The molecule has 1 heterocycles. The van der Waals surface area contributed by atoms with E-state index in [0.29, 0.717) is 0 Å². The van der Waals surface area contributed by atoms with Crippen molar-refractivity contribution in [3.63, 3.8) is 0 Å². The third-order valence-electron chi connectivity index (χ3n) is 5.24. The number of aromatic nitrogens is 2. The summed E-state index contributed by atoms with van der Waals surface area (Å²) < 4.78 is 56.1. The van der Waals surface area contributed by atoms with Crippen LogP contribution >= 0.6 is 11.6 Å². The normalized spacial score (nSPS) is 16.8. The van der Waals surface area contributed by atoms with Crippen LogP contribution in [-0.2, 0) is 31.2 Å². The lowest BCUT2D eigenvalue weighted by molar-refractivity contribution is 0.473. The highest BCUT2D eigenvalue weighted by Crippen LogP contribution is 2.36. The maximum Gasteiger partial charge on any atom is 0.173 e. The number of halogens is 1. The molecule has 0 radical (unpaired) electrons. The fourth-order valence-electron chi connectivity index (χ4n) is 3.33. The molecule has 0 bridgehead atoms. The predicted octanol–water partition coefficient (Wildman–Crippen LogP) is 3.38. The lowest BCUT2D eigenvalue weighted by Crippen LogP contribution is -2.12. The second-order valence-electron chi connectivity index (χ2n) is 8.33. The number of nitrogens with zero attached hydrogens (tertiary/aromatic N) is 2. The first kappa shape index (κ1) is 22.1. The van der Waals surface area contributed by atoms with E-state index < -0.39 is 19.7 Å². The van der Waals surface area contributed by atoms with Crippen LogP contribution in [0.25, 0.3) is 0 Å². The third-order valence-corrected chi connectivity index (χ3v) is 8.95. The first-order valence-corrected chi connectivity index (χ1v) is 14.0. The van der Waals surface area contributed by atoms with Gasteiger partial charge in [0.1, 0.15) is 17.5 Å². The van der Waals surface area contributed by atoms with Gasteiger partial charge in [-0.15, -0.1) is 0 Å². The zero-order chi connectivity index (χ0) is 22.2. The van der Waals surface area contributed by atoms with E-state index in [2.05, 4.69) is 10.2 Å². The number of aromatic amines is 1. The summed E-state index contributed by atoms with van der Waals surface area (Å²) in [6.45, 7) is 0. The minimum Gasteiger partial charge on any atom is -0.453 e. The smallest absolute Gasteiger partial charge is 0.173 e. The summed E-state index contributed by atoms with van der Waals surface area (Å²) in [5.74, 6) is 0.213. The summed E-state index contributed by atoms with van der Waals surface area (Å²) >= 11 is 6.07. The van der Waals surface area contributed by atoms with Crippen molar-refractivity contribution in [2.45, 2.75) is 37.2 Å². The Morgan fingerprint density at radius 2 is 1.68 bits per heavy atom. The van der Waals surface area contributed by atoms with Gasteiger partial charge in [-0.2, -0.15) is 10.4 Å². The van der Waals surface area contributed by atoms with E-state index in [-0.39, 0.29) is 68.3 Å². The standard InChI is InChI=1S/C20H22ClN3O5S2/c21-17-7-16(6-5-15(17)8-22)29-20-18(11-30(25,26)9-13-1-2-13)23-24-19(20)12-31(27,28)10-14-3-4-14/h5-7,13-14H,1-4,9-12H2,(H,23,24). The van der Waals surface area contributed by atoms with Crippen molar-refractivity contribution in [3.8, 4) is 17.6 Å². The van der Waals surface area contributed by atoms with Gasteiger partial charge in [0, 0.05) is 6.07 Å². The van der Waals surface area contributed by atoms with Crippen LogP contribution in [0.5, 0.6) is 11.5 Å². The topological polar surface area (TPSA) is 130 Å². The van der Waals surface area contributed by atoms with Crippen molar-refractivity contribution < 1.29 is 21.6 Å². The van der Waals surface area contributed by atoms with E-state index in [1.807, 2.05) is 6.07 Å². The van der Waals surface area contributed by atoms with Gasteiger partial charge >= 0.3 is 0 Å². The highest BCUT2D eigenvalue weighted by atomic mass is 35.5. The average molecular weight is 484 g/mol. The number of H-pyrrole nitrogens is 1. The van der Waals surface area contributed by atoms with Gasteiger partial charge in [-0.25, -0.2) is 16.8 Å². The van der Waals surface area contributed by atoms with Gasteiger partial charge in [0.05, 0.1) is 39.3 Å². The van der Waals surface area contributed by atoms with Crippen LogP contribution in [0.1, 0.15) is 42.6 Å². The number of ether oxygens (including phenoxy) is 1. The van der Waals surface area contributed by atoms with Crippen molar-refractivity contribution in [2.75, 3.05) is 11.5 Å². The Morgan fingerprint density at radius 1 is 1.06 bits per heavy atom. The van der Waals surface area contributed by atoms with Crippen molar-refractivity contribution in [3.05, 3.63) is 40.2 Å². The number of sulfone groups is 2. The van der Waals surface area contributed by atoms with Crippen LogP contribution in [0, 0.1) is 23.2 Å². The van der Waals surface area contributed by atoms with E-state index in [1.165, 1.54) is 18.2 Å². The molecule has 11 heteroatoms. The van der Waals surface area contributed by atoms with Gasteiger partial charge in [-0.1, -0.05) is 11.6 Å². The molecule has 2 aliphatic carbocycles. The quantitative estimate of drug-likeness (QED) is 0.548. The summed E-state index contributed by atoms with van der Waals surface area (Å²) in [4.78, 5) is 0. The van der Waals surface area contributed by atoms with Crippen LogP contribution in [0.3, 0.4) is 0 Å². The Morgan fingerprint density at radius 3 is 2.23 bits per heavy atom. The summed E-state index contributed by atoms with van der Waals surface area (Å²) in [6, 6.07) is 6.37. The monoisotopic (exact) mass is 483 g/mol. The predicted molar refractivity (Wildman–Crippen MR) is 115 cm³/mol. The summed E-state index contributed by atoms with van der Waals surface area (Å²) in [6.07, 6.45) is 3.61. The molecule has 1 aromatic heterocycles. The molecule has 8 nitrogen and oxygen atoms in total. The van der Waals surface area contributed by atoms with E-state index in [9.17, 15) is 16.8 Å².